The number of benzene rings is 2. The SMILES string of the molecule is C[N+](C)([O-])CCOc1cnc(-c2cccc(Cn3nc(-c4cccc(C(N)=O)c4)ccc3=O)c2)nc1. The molecule has 36 heavy (non-hydrogen) atoms. The van der Waals surface area contributed by atoms with E-state index in [-0.39, 0.29) is 18.7 Å². The van der Waals surface area contributed by atoms with Crippen LogP contribution in [0.5, 0.6) is 5.75 Å². The van der Waals surface area contributed by atoms with Crippen molar-refractivity contribution in [1.82, 2.24) is 19.7 Å². The van der Waals surface area contributed by atoms with Crippen molar-refractivity contribution in [3.05, 3.63) is 99.7 Å². The number of carbonyl (C=O) groups excluding carboxylic acids is 1. The minimum absolute atomic E-state index is 0.237. The van der Waals surface area contributed by atoms with E-state index in [2.05, 4.69) is 15.1 Å². The van der Waals surface area contributed by atoms with E-state index in [1.807, 2.05) is 24.3 Å². The first-order chi connectivity index (χ1) is 17.2. The lowest BCUT2D eigenvalue weighted by atomic mass is 10.1. The third kappa shape index (κ3) is 6.38. The highest BCUT2D eigenvalue weighted by Gasteiger charge is 2.09. The van der Waals surface area contributed by atoms with Crippen LogP contribution in [0.4, 0.5) is 0 Å². The van der Waals surface area contributed by atoms with E-state index in [1.165, 1.54) is 10.7 Å². The van der Waals surface area contributed by atoms with Gasteiger partial charge < -0.3 is 20.3 Å². The molecule has 10 heteroatoms. The van der Waals surface area contributed by atoms with Crippen LogP contribution in [0.15, 0.2) is 77.9 Å². The molecule has 0 atom stereocenters. The minimum atomic E-state index is -0.533. The lowest BCUT2D eigenvalue weighted by Crippen LogP contribution is -2.36. The fourth-order valence-corrected chi connectivity index (χ4v) is 3.45. The molecule has 0 saturated carbocycles. The van der Waals surface area contributed by atoms with Crippen LogP contribution >= 0.6 is 0 Å². The number of hydrogen-bond acceptors (Lipinski definition) is 7. The zero-order valence-electron chi connectivity index (χ0n) is 20.0. The Morgan fingerprint density at radius 2 is 1.75 bits per heavy atom. The minimum Gasteiger partial charge on any atom is -0.633 e. The summed E-state index contributed by atoms with van der Waals surface area (Å²) in [4.78, 5) is 32.7. The Bertz CT molecular complexity index is 1430. The molecular weight excluding hydrogens is 460 g/mol. The molecule has 184 valence electrons. The highest BCUT2D eigenvalue weighted by atomic mass is 16.5. The number of carbonyl (C=O) groups is 1. The van der Waals surface area contributed by atoms with Crippen LogP contribution in [0.25, 0.3) is 22.6 Å². The topological polar surface area (TPSA) is 136 Å². The normalized spacial score (nSPS) is 11.3. The molecule has 0 radical (unpaired) electrons. The Kier molecular flexibility index (Phi) is 7.18. The van der Waals surface area contributed by atoms with Crippen LogP contribution in [-0.4, -0.2) is 57.5 Å². The first kappa shape index (κ1) is 24.7. The van der Waals surface area contributed by atoms with E-state index >= 15 is 0 Å². The molecule has 2 aromatic heterocycles. The second-order valence-corrected chi connectivity index (χ2v) is 8.75. The Balaban J connectivity index is 1.51. The Hall–Kier alpha value is -4.41. The molecule has 0 bridgehead atoms. The van der Waals surface area contributed by atoms with Gasteiger partial charge in [-0.1, -0.05) is 30.3 Å². The first-order valence-corrected chi connectivity index (χ1v) is 11.2. The van der Waals surface area contributed by atoms with Gasteiger partial charge in [0.25, 0.3) is 5.56 Å². The molecule has 4 rings (SSSR count). The maximum atomic E-state index is 12.5. The standard InChI is InChI=1S/C26H26N6O4/c1-32(2,35)11-12-36-22-15-28-26(29-16-22)21-8-3-5-18(13-21)17-31-24(33)10-9-23(30-31)19-6-4-7-20(14-19)25(27)34/h3-10,13-16H,11-12,17H2,1-2H3,(H2,27,34). The fourth-order valence-electron chi connectivity index (χ4n) is 3.45. The highest BCUT2D eigenvalue weighted by Crippen LogP contribution is 2.20. The quantitative estimate of drug-likeness (QED) is 0.283. The molecule has 0 saturated heterocycles. The number of likely N-dealkylation sites (N-methyl/N-ethyl adjacent to an activating group) is 1. The molecule has 0 fully saturated rings. The fraction of sp³-hybridized carbons (Fsp3) is 0.192. The van der Waals surface area contributed by atoms with Crippen molar-refractivity contribution in [3.63, 3.8) is 0 Å². The van der Waals surface area contributed by atoms with Gasteiger partial charge in [0.1, 0.15) is 13.2 Å². The summed E-state index contributed by atoms with van der Waals surface area (Å²) in [5.41, 5.74) is 8.33. The molecule has 0 aliphatic rings. The van der Waals surface area contributed by atoms with Crippen LogP contribution in [0, 0.1) is 5.21 Å². The molecule has 1 amide bonds. The molecule has 2 aromatic carbocycles. The number of primary amides is 1. The number of aromatic nitrogens is 4. The third-order valence-corrected chi connectivity index (χ3v) is 5.35. The summed E-state index contributed by atoms with van der Waals surface area (Å²) in [7, 11) is 3.11. The number of ether oxygens (including phenoxy) is 1. The second kappa shape index (κ2) is 10.5. The number of amides is 1. The predicted octanol–water partition coefficient (Wildman–Crippen LogP) is 2.47. The van der Waals surface area contributed by atoms with Gasteiger partial charge in [0, 0.05) is 22.8 Å². The molecule has 0 unspecified atom stereocenters. The summed E-state index contributed by atoms with van der Waals surface area (Å²) < 4.78 is 6.47. The summed E-state index contributed by atoms with van der Waals surface area (Å²) in [6.07, 6.45) is 3.13. The third-order valence-electron chi connectivity index (χ3n) is 5.35. The van der Waals surface area contributed by atoms with E-state index in [4.69, 9.17) is 10.5 Å². The van der Waals surface area contributed by atoms with E-state index in [0.717, 1.165) is 11.1 Å². The van der Waals surface area contributed by atoms with Crippen LogP contribution in [0.1, 0.15) is 15.9 Å². The summed E-state index contributed by atoms with van der Waals surface area (Å²) in [6.45, 7) is 0.817. The first-order valence-electron chi connectivity index (χ1n) is 11.2. The average molecular weight is 487 g/mol. The lowest BCUT2D eigenvalue weighted by molar-refractivity contribution is -0.840. The van der Waals surface area contributed by atoms with Crippen molar-refractivity contribution in [3.8, 4) is 28.4 Å². The smallest absolute Gasteiger partial charge is 0.267 e. The summed E-state index contributed by atoms with van der Waals surface area (Å²) in [6, 6.07) is 17.4. The number of hydroxylamine groups is 3. The maximum absolute atomic E-state index is 12.5. The number of hydrogen-bond donors (Lipinski definition) is 1. The highest BCUT2D eigenvalue weighted by molar-refractivity contribution is 5.93. The largest absolute Gasteiger partial charge is 0.633 e. The van der Waals surface area contributed by atoms with Crippen molar-refractivity contribution in [2.75, 3.05) is 27.2 Å². The number of quaternary nitrogens is 1. The van der Waals surface area contributed by atoms with Crippen molar-refractivity contribution in [2.45, 2.75) is 6.54 Å². The molecule has 2 N–H and O–H groups in total. The zero-order chi connectivity index (χ0) is 25.7. The van der Waals surface area contributed by atoms with Gasteiger partial charge in [0.05, 0.1) is 38.7 Å². The lowest BCUT2D eigenvalue weighted by Gasteiger charge is -2.33. The number of nitrogens with two attached hydrogens (primary N) is 1. The van der Waals surface area contributed by atoms with Crippen molar-refractivity contribution in [1.29, 1.82) is 0 Å². The molecular formula is C26H26N6O4. The summed E-state index contributed by atoms with van der Waals surface area (Å²) in [5.74, 6) is 0.451. The Labute approximate surface area is 207 Å². The van der Waals surface area contributed by atoms with Gasteiger partial charge in [0.15, 0.2) is 11.6 Å². The zero-order valence-corrected chi connectivity index (χ0v) is 20.0. The van der Waals surface area contributed by atoms with Crippen molar-refractivity contribution < 1.29 is 14.2 Å². The summed E-state index contributed by atoms with van der Waals surface area (Å²) >= 11 is 0. The number of nitrogens with zero attached hydrogens (tertiary/aromatic N) is 5. The van der Waals surface area contributed by atoms with E-state index in [0.29, 0.717) is 34.9 Å². The van der Waals surface area contributed by atoms with E-state index < -0.39 is 10.6 Å². The van der Waals surface area contributed by atoms with Crippen molar-refractivity contribution in [2.24, 2.45) is 5.73 Å². The van der Waals surface area contributed by atoms with Crippen molar-refractivity contribution >= 4 is 5.91 Å². The van der Waals surface area contributed by atoms with Gasteiger partial charge in [-0.3, -0.25) is 9.59 Å². The van der Waals surface area contributed by atoms with Crippen LogP contribution in [0.2, 0.25) is 0 Å². The number of rotatable bonds is 9. The second-order valence-electron chi connectivity index (χ2n) is 8.75. The van der Waals surface area contributed by atoms with Crippen LogP contribution < -0.4 is 16.0 Å². The molecule has 0 aliphatic carbocycles. The van der Waals surface area contributed by atoms with Gasteiger partial charge in [0.2, 0.25) is 5.91 Å². The molecule has 0 spiro atoms. The maximum Gasteiger partial charge on any atom is 0.267 e. The van der Waals surface area contributed by atoms with Gasteiger partial charge >= 0.3 is 0 Å². The Morgan fingerprint density at radius 3 is 2.47 bits per heavy atom. The molecule has 4 aromatic rings. The van der Waals surface area contributed by atoms with Crippen LogP contribution in [-0.2, 0) is 6.54 Å². The van der Waals surface area contributed by atoms with Gasteiger partial charge in [-0.05, 0) is 29.8 Å². The monoisotopic (exact) mass is 486 g/mol. The van der Waals surface area contributed by atoms with E-state index in [1.54, 1.807) is 56.8 Å². The van der Waals surface area contributed by atoms with Gasteiger partial charge in [-0.2, -0.15) is 5.10 Å². The predicted molar refractivity (Wildman–Crippen MR) is 135 cm³/mol. The average Bonchev–Trinajstić information content (AvgIpc) is 2.85. The van der Waals surface area contributed by atoms with Gasteiger partial charge in [-0.25, -0.2) is 14.6 Å². The van der Waals surface area contributed by atoms with Gasteiger partial charge in [-0.15, -0.1) is 0 Å². The van der Waals surface area contributed by atoms with E-state index in [9.17, 15) is 14.8 Å². The molecule has 10 nitrogen and oxygen atoms in total. The van der Waals surface area contributed by atoms with Crippen LogP contribution in [0.3, 0.4) is 0 Å². The Morgan fingerprint density at radius 1 is 1.03 bits per heavy atom. The summed E-state index contributed by atoms with van der Waals surface area (Å²) in [5, 5.41) is 16.1. The molecule has 0 aliphatic heterocycles. The molecule has 2 heterocycles.